The summed E-state index contributed by atoms with van der Waals surface area (Å²) >= 11 is 0. The summed E-state index contributed by atoms with van der Waals surface area (Å²) in [5.41, 5.74) is 6.61. The van der Waals surface area contributed by atoms with Crippen LogP contribution in [0.15, 0.2) is 48.5 Å². The second-order valence-corrected chi connectivity index (χ2v) is 9.35. The number of hydrogen-bond acceptors (Lipinski definition) is 4. The zero-order valence-electron chi connectivity index (χ0n) is 18.9. The number of rotatable bonds is 3. The maximum absolute atomic E-state index is 4.68. The minimum atomic E-state index is -0.00539. The zero-order valence-corrected chi connectivity index (χ0v) is 18.9. The molecule has 3 heterocycles. The molecule has 164 valence electrons. The summed E-state index contributed by atoms with van der Waals surface area (Å²) in [6, 6.07) is 17.9. The number of aryl methyl sites for hydroxylation is 2. The minimum absolute atomic E-state index is 0.00539. The van der Waals surface area contributed by atoms with Crippen molar-refractivity contribution in [1.29, 1.82) is 0 Å². The topological polar surface area (TPSA) is 51.8 Å². The van der Waals surface area contributed by atoms with Crippen LogP contribution in [-0.2, 0) is 13.5 Å². The van der Waals surface area contributed by atoms with Crippen molar-refractivity contribution in [2.24, 2.45) is 7.05 Å². The molecular formula is C26H30N6. The Bertz CT molecular complexity index is 1260. The molecule has 0 radical (unpaired) electrons. The van der Waals surface area contributed by atoms with Crippen LogP contribution >= 0.6 is 0 Å². The number of benzene rings is 2. The summed E-state index contributed by atoms with van der Waals surface area (Å²) < 4.78 is 4.53. The molecule has 0 saturated heterocycles. The molecule has 4 aromatic rings. The molecular weight excluding hydrogens is 396 g/mol. The predicted octanol–water partition coefficient (Wildman–Crippen LogP) is 5.13. The number of nitrogens with zero attached hydrogens (tertiary/aromatic N) is 6. The lowest BCUT2D eigenvalue weighted by Gasteiger charge is -2.39. The fraction of sp³-hybridized carbons (Fsp3) is 0.423. The number of hydrogen-bond donors (Lipinski definition) is 0. The molecule has 0 spiro atoms. The van der Waals surface area contributed by atoms with Crippen LogP contribution in [0.4, 0.5) is 5.69 Å². The van der Waals surface area contributed by atoms with Gasteiger partial charge in [0.15, 0.2) is 5.82 Å². The summed E-state index contributed by atoms with van der Waals surface area (Å²) in [6.07, 6.45) is 7.19. The lowest BCUT2D eigenvalue weighted by atomic mass is 9.93. The van der Waals surface area contributed by atoms with Gasteiger partial charge in [-0.05, 0) is 59.9 Å². The van der Waals surface area contributed by atoms with Gasteiger partial charge in [0, 0.05) is 30.2 Å². The van der Waals surface area contributed by atoms with Crippen LogP contribution in [0.5, 0.6) is 0 Å². The van der Waals surface area contributed by atoms with Crippen molar-refractivity contribution in [3.63, 3.8) is 0 Å². The Balaban J connectivity index is 1.57. The monoisotopic (exact) mass is 426 g/mol. The Morgan fingerprint density at radius 1 is 0.938 bits per heavy atom. The first kappa shape index (κ1) is 19.5. The first-order valence-electron chi connectivity index (χ1n) is 11.9. The molecule has 2 aliphatic rings. The van der Waals surface area contributed by atoms with Gasteiger partial charge in [0.1, 0.15) is 6.04 Å². The molecule has 32 heavy (non-hydrogen) atoms. The van der Waals surface area contributed by atoms with Gasteiger partial charge in [0.2, 0.25) is 0 Å². The molecule has 1 aliphatic carbocycles. The Labute approximate surface area is 188 Å². The van der Waals surface area contributed by atoms with Gasteiger partial charge in [0.05, 0.1) is 11.7 Å². The highest BCUT2D eigenvalue weighted by atomic mass is 15.6. The van der Waals surface area contributed by atoms with Gasteiger partial charge in [-0.15, -0.1) is 5.10 Å². The third-order valence-electron chi connectivity index (χ3n) is 7.54. The highest BCUT2D eigenvalue weighted by Crippen LogP contribution is 2.43. The van der Waals surface area contributed by atoms with Crippen LogP contribution in [0.1, 0.15) is 66.8 Å². The highest BCUT2D eigenvalue weighted by Gasteiger charge is 2.38. The van der Waals surface area contributed by atoms with E-state index in [0.29, 0.717) is 6.04 Å². The van der Waals surface area contributed by atoms with E-state index >= 15 is 0 Å². The normalized spacial score (nSPS) is 19.4. The Kier molecular flexibility index (Phi) is 4.74. The van der Waals surface area contributed by atoms with E-state index < -0.39 is 0 Å². The molecule has 6 heteroatoms. The number of fused-ring (bicyclic) bond motifs is 3. The van der Waals surface area contributed by atoms with Crippen LogP contribution < -0.4 is 4.90 Å². The molecule has 1 atom stereocenters. The Morgan fingerprint density at radius 3 is 2.56 bits per heavy atom. The summed E-state index contributed by atoms with van der Waals surface area (Å²) in [4.78, 5) is 2.53. The first-order valence-corrected chi connectivity index (χ1v) is 11.9. The van der Waals surface area contributed by atoms with E-state index in [4.69, 9.17) is 0 Å². The maximum Gasteiger partial charge on any atom is 0.180 e. The van der Waals surface area contributed by atoms with Crippen LogP contribution in [0.25, 0.3) is 10.9 Å². The third kappa shape index (κ3) is 2.96. The van der Waals surface area contributed by atoms with Gasteiger partial charge in [-0.25, -0.2) is 4.68 Å². The molecule has 1 aliphatic heterocycles. The molecule has 0 N–H and O–H groups in total. The van der Waals surface area contributed by atoms with E-state index in [1.54, 1.807) is 0 Å². The Morgan fingerprint density at radius 2 is 1.72 bits per heavy atom. The number of tetrazole rings is 1. The molecule has 0 amide bonds. The minimum Gasteiger partial charge on any atom is -0.356 e. The van der Waals surface area contributed by atoms with E-state index in [-0.39, 0.29) is 6.04 Å². The van der Waals surface area contributed by atoms with Crippen LogP contribution in [0.3, 0.4) is 0 Å². The van der Waals surface area contributed by atoms with E-state index in [0.717, 1.165) is 31.6 Å². The van der Waals surface area contributed by atoms with E-state index in [2.05, 4.69) is 92.2 Å². The van der Waals surface area contributed by atoms with Crippen LogP contribution in [0, 0.1) is 6.92 Å². The summed E-state index contributed by atoms with van der Waals surface area (Å²) in [7, 11) is 2.20. The zero-order chi connectivity index (χ0) is 21.7. The number of para-hydroxylation sites is 2. The van der Waals surface area contributed by atoms with Gasteiger partial charge in [-0.1, -0.05) is 55.7 Å². The molecule has 1 unspecified atom stereocenters. The average Bonchev–Trinajstić information content (AvgIpc) is 3.43. The van der Waals surface area contributed by atoms with Gasteiger partial charge >= 0.3 is 0 Å². The van der Waals surface area contributed by atoms with Crippen molar-refractivity contribution in [1.82, 2.24) is 24.8 Å². The Hall–Kier alpha value is -3.15. The lowest BCUT2D eigenvalue weighted by molar-refractivity contribution is 0.312. The standard InChI is InChI=1S/C26H30N6/c1-18-10-6-8-14-22(18)31-17-16-21-20-13-7-9-15-23(20)30(2)24(21)25(31)26-27-28-29-32(26)19-11-4-3-5-12-19/h6-10,13-15,19,25H,3-5,11-12,16-17H2,1-2H3. The average molecular weight is 427 g/mol. The van der Waals surface area contributed by atoms with Crippen molar-refractivity contribution < 1.29 is 0 Å². The van der Waals surface area contributed by atoms with Gasteiger partial charge < -0.3 is 9.47 Å². The smallest absolute Gasteiger partial charge is 0.180 e. The van der Waals surface area contributed by atoms with Gasteiger partial charge in [0.25, 0.3) is 0 Å². The SMILES string of the molecule is Cc1ccccc1N1CCc2c(n(C)c3ccccc23)C1c1nnnn1C1CCCCC1. The second kappa shape index (κ2) is 7.76. The van der Waals surface area contributed by atoms with E-state index in [1.807, 2.05) is 0 Å². The fourth-order valence-corrected chi connectivity index (χ4v) is 5.98. The molecule has 6 nitrogen and oxygen atoms in total. The van der Waals surface area contributed by atoms with Crippen LogP contribution in [-0.4, -0.2) is 31.3 Å². The van der Waals surface area contributed by atoms with Crippen molar-refractivity contribution in [2.45, 2.75) is 57.5 Å². The summed E-state index contributed by atoms with van der Waals surface area (Å²) in [5.74, 6) is 0.979. The van der Waals surface area contributed by atoms with Crippen molar-refractivity contribution in [2.75, 3.05) is 11.4 Å². The molecule has 2 aromatic heterocycles. The van der Waals surface area contributed by atoms with Crippen molar-refractivity contribution in [3.8, 4) is 0 Å². The third-order valence-corrected chi connectivity index (χ3v) is 7.54. The predicted molar refractivity (Wildman–Crippen MR) is 127 cm³/mol. The first-order chi connectivity index (χ1) is 15.7. The molecule has 6 rings (SSSR count). The van der Waals surface area contributed by atoms with Gasteiger partial charge in [-0.3, -0.25) is 0 Å². The van der Waals surface area contributed by atoms with Crippen molar-refractivity contribution in [3.05, 3.63) is 71.2 Å². The maximum atomic E-state index is 4.68. The van der Waals surface area contributed by atoms with Crippen molar-refractivity contribution >= 4 is 16.6 Å². The number of aromatic nitrogens is 5. The van der Waals surface area contributed by atoms with E-state index in [1.165, 1.54) is 52.7 Å². The largest absolute Gasteiger partial charge is 0.356 e. The molecule has 0 bridgehead atoms. The summed E-state index contributed by atoms with van der Waals surface area (Å²) in [5, 5.41) is 14.8. The molecule has 1 saturated carbocycles. The second-order valence-electron chi connectivity index (χ2n) is 9.35. The lowest BCUT2D eigenvalue weighted by Crippen LogP contribution is -2.39. The fourth-order valence-electron chi connectivity index (χ4n) is 5.98. The highest BCUT2D eigenvalue weighted by molar-refractivity contribution is 5.86. The quantitative estimate of drug-likeness (QED) is 0.456. The molecule has 1 fully saturated rings. The molecule has 2 aromatic carbocycles. The van der Waals surface area contributed by atoms with Crippen LogP contribution in [0.2, 0.25) is 0 Å². The van der Waals surface area contributed by atoms with E-state index in [9.17, 15) is 0 Å². The van der Waals surface area contributed by atoms with Gasteiger partial charge in [-0.2, -0.15) is 0 Å². The summed E-state index contributed by atoms with van der Waals surface area (Å²) in [6.45, 7) is 3.15. The number of anilines is 1.